The molecule has 2 amide bonds. The van der Waals surface area contributed by atoms with E-state index in [1.807, 2.05) is 18.2 Å². The topological polar surface area (TPSA) is 122 Å². The molecule has 26 heavy (non-hydrogen) atoms. The van der Waals surface area contributed by atoms with E-state index in [4.69, 9.17) is 9.84 Å². The third-order valence-electron chi connectivity index (χ3n) is 3.42. The minimum Gasteiger partial charge on any atom is -0.481 e. The normalized spacial score (nSPS) is 11.3. The number of hydrogen-bond donors (Lipinski definition) is 3. The van der Waals surface area contributed by atoms with Gasteiger partial charge in [0.25, 0.3) is 0 Å². The van der Waals surface area contributed by atoms with E-state index >= 15 is 0 Å². The minimum atomic E-state index is -1.09. The van der Waals surface area contributed by atoms with Crippen LogP contribution in [-0.2, 0) is 25.7 Å². The fraction of sp³-hybridized carbons (Fsp3) is 0.412. The summed E-state index contributed by atoms with van der Waals surface area (Å²) in [6.45, 7) is -0.373. The molecule has 1 unspecified atom stereocenters. The van der Waals surface area contributed by atoms with E-state index in [1.165, 1.54) is 0 Å². The number of ether oxygens (including phenoxy) is 1. The molecule has 0 saturated heterocycles. The molecule has 0 aliphatic rings. The lowest BCUT2D eigenvalue weighted by Gasteiger charge is -2.13. The van der Waals surface area contributed by atoms with Crippen LogP contribution in [0.25, 0.3) is 0 Å². The Labute approximate surface area is 159 Å². The molecule has 0 aliphatic carbocycles. The molecule has 142 valence electrons. The van der Waals surface area contributed by atoms with Crippen LogP contribution in [-0.4, -0.2) is 47.3 Å². The first-order valence-corrected chi connectivity index (χ1v) is 9.06. The Morgan fingerprint density at radius 3 is 2.42 bits per heavy atom. The SMILES string of the molecule is O=C(CBr)CCC(CNC(=O)CNC(=O)OCc1ccccc1)C(=O)O. The molecular weight excluding hydrogens is 408 g/mol. The van der Waals surface area contributed by atoms with Crippen molar-refractivity contribution >= 4 is 39.7 Å². The van der Waals surface area contributed by atoms with E-state index < -0.39 is 23.9 Å². The molecule has 3 N–H and O–H groups in total. The fourth-order valence-electron chi connectivity index (χ4n) is 1.94. The van der Waals surface area contributed by atoms with Crippen molar-refractivity contribution in [2.24, 2.45) is 5.92 Å². The highest BCUT2D eigenvalue weighted by atomic mass is 79.9. The van der Waals surface area contributed by atoms with E-state index in [1.54, 1.807) is 12.1 Å². The number of aliphatic carboxylic acids is 1. The maximum absolute atomic E-state index is 11.7. The predicted molar refractivity (Wildman–Crippen MR) is 96.8 cm³/mol. The zero-order chi connectivity index (χ0) is 19.4. The van der Waals surface area contributed by atoms with Gasteiger partial charge in [-0.15, -0.1) is 0 Å². The first-order valence-electron chi connectivity index (χ1n) is 7.94. The summed E-state index contributed by atoms with van der Waals surface area (Å²) >= 11 is 3.01. The molecule has 8 nitrogen and oxygen atoms in total. The fourth-order valence-corrected chi connectivity index (χ4v) is 2.22. The lowest BCUT2D eigenvalue weighted by atomic mass is 10.0. The van der Waals surface area contributed by atoms with Crippen molar-refractivity contribution in [1.82, 2.24) is 10.6 Å². The maximum atomic E-state index is 11.7. The van der Waals surface area contributed by atoms with Crippen molar-refractivity contribution in [3.8, 4) is 0 Å². The van der Waals surface area contributed by atoms with Crippen LogP contribution in [0.4, 0.5) is 4.79 Å². The van der Waals surface area contributed by atoms with E-state index in [9.17, 15) is 19.2 Å². The summed E-state index contributed by atoms with van der Waals surface area (Å²) in [6.07, 6.45) is -0.504. The second-order valence-corrected chi connectivity index (χ2v) is 6.03. The Morgan fingerprint density at radius 2 is 1.81 bits per heavy atom. The summed E-state index contributed by atoms with van der Waals surface area (Å²) in [5, 5.41) is 14.0. The summed E-state index contributed by atoms with van der Waals surface area (Å²) in [5.74, 6) is -2.61. The number of Topliss-reactive ketones (excluding diaryl/α,β-unsaturated/α-hetero) is 1. The number of carboxylic acid groups (broad SMARTS) is 1. The number of rotatable bonds is 11. The largest absolute Gasteiger partial charge is 0.481 e. The summed E-state index contributed by atoms with van der Waals surface area (Å²) in [6, 6.07) is 9.07. The van der Waals surface area contributed by atoms with Gasteiger partial charge in [-0.05, 0) is 12.0 Å². The summed E-state index contributed by atoms with van der Waals surface area (Å²) < 4.78 is 4.95. The van der Waals surface area contributed by atoms with Gasteiger partial charge < -0.3 is 20.5 Å². The van der Waals surface area contributed by atoms with E-state index in [-0.39, 0.29) is 43.7 Å². The number of carbonyl (C=O) groups is 4. The number of nitrogens with one attached hydrogen (secondary N) is 2. The number of alkyl halides is 1. The second kappa shape index (κ2) is 12.0. The number of halogens is 1. The molecule has 9 heteroatoms. The smallest absolute Gasteiger partial charge is 0.407 e. The molecule has 0 aromatic heterocycles. The predicted octanol–water partition coefficient (Wildman–Crippen LogP) is 1.47. The molecule has 0 saturated carbocycles. The number of benzene rings is 1. The van der Waals surface area contributed by atoms with Gasteiger partial charge in [-0.3, -0.25) is 14.4 Å². The van der Waals surface area contributed by atoms with Gasteiger partial charge in [0, 0.05) is 13.0 Å². The summed E-state index contributed by atoms with van der Waals surface area (Å²) in [7, 11) is 0. The van der Waals surface area contributed by atoms with Crippen molar-refractivity contribution in [3.63, 3.8) is 0 Å². The second-order valence-electron chi connectivity index (χ2n) is 5.47. The molecule has 1 rings (SSSR count). The number of alkyl carbamates (subject to hydrolysis) is 1. The number of carboxylic acids is 1. The van der Waals surface area contributed by atoms with Gasteiger partial charge >= 0.3 is 12.1 Å². The maximum Gasteiger partial charge on any atom is 0.407 e. The highest BCUT2D eigenvalue weighted by Gasteiger charge is 2.19. The van der Waals surface area contributed by atoms with Crippen LogP contribution >= 0.6 is 15.9 Å². The highest BCUT2D eigenvalue weighted by Crippen LogP contribution is 2.07. The number of carbonyl (C=O) groups excluding carboxylic acids is 3. The molecular formula is C17H21BrN2O6. The monoisotopic (exact) mass is 428 g/mol. The summed E-state index contributed by atoms with van der Waals surface area (Å²) in [5.41, 5.74) is 0.814. The molecule has 0 aliphatic heterocycles. The van der Waals surface area contributed by atoms with Gasteiger partial charge in [0.1, 0.15) is 12.4 Å². The zero-order valence-electron chi connectivity index (χ0n) is 14.1. The van der Waals surface area contributed by atoms with Gasteiger partial charge in [-0.1, -0.05) is 46.3 Å². The van der Waals surface area contributed by atoms with Crippen LogP contribution in [0.3, 0.4) is 0 Å². The zero-order valence-corrected chi connectivity index (χ0v) is 15.7. The Hall–Kier alpha value is -2.42. The van der Waals surface area contributed by atoms with Crippen LogP contribution in [0.2, 0.25) is 0 Å². The quantitative estimate of drug-likeness (QED) is 0.458. The molecule has 0 heterocycles. The van der Waals surface area contributed by atoms with Gasteiger partial charge in [-0.2, -0.15) is 0 Å². The first kappa shape index (κ1) is 21.6. The molecule has 0 spiro atoms. The van der Waals surface area contributed by atoms with Crippen LogP contribution in [0, 0.1) is 5.92 Å². The van der Waals surface area contributed by atoms with E-state index in [2.05, 4.69) is 26.6 Å². The van der Waals surface area contributed by atoms with Gasteiger partial charge in [0.15, 0.2) is 0 Å². The van der Waals surface area contributed by atoms with Crippen molar-refractivity contribution in [3.05, 3.63) is 35.9 Å². The van der Waals surface area contributed by atoms with Crippen molar-refractivity contribution in [1.29, 1.82) is 0 Å². The third-order valence-corrected chi connectivity index (χ3v) is 4.05. The Morgan fingerprint density at radius 1 is 1.12 bits per heavy atom. The van der Waals surface area contributed by atoms with Crippen LogP contribution < -0.4 is 10.6 Å². The molecule has 1 aromatic rings. The van der Waals surface area contributed by atoms with E-state index in [0.29, 0.717) is 0 Å². The molecule has 0 bridgehead atoms. The van der Waals surface area contributed by atoms with Crippen molar-refractivity contribution < 1.29 is 29.0 Å². The lowest BCUT2D eigenvalue weighted by Crippen LogP contribution is -2.40. The number of amides is 2. The minimum absolute atomic E-state index is 0.0803. The number of ketones is 1. The third kappa shape index (κ3) is 9.16. The van der Waals surface area contributed by atoms with Crippen LogP contribution in [0.15, 0.2) is 30.3 Å². The van der Waals surface area contributed by atoms with Gasteiger partial charge in [0.05, 0.1) is 17.8 Å². The average molecular weight is 429 g/mol. The highest BCUT2D eigenvalue weighted by molar-refractivity contribution is 9.09. The molecule has 1 aromatic carbocycles. The van der Waals surface area contributed by atoms with Gasteiger partial charge in [0.2, 0.25) is 5.91 Å². The summed E-state index contributed by atoms with van der Waals surface area (Å²) in [4.78, 5) is 45.6. The average Bonchev–Trinajstić information content (AvgIpc) is 2.64. The Kier molecular flexibility index (Phi) is 9.99. The Bertz CT molecular complexity index is 623. The van der Waals surface area contributed by atoms with Crippen molar-refractivity contribution in [2.45, 2.75) is 19.4 Å². The van der Waals surface area contributed by atoms with Crippen LogP contribution in [0.1, 0.15) is 18.4 Å². The molecule has 1 atom stereocenters. The van der Waals surface area contributed by atoms with E-state index in [0.717, 1.165) is 5.56 Å². The Balaban J connectivity index is 2.26. The lowest BCUT2D eigenvalue weighted by molar-refractivity contribution is -0.142. The molecule has 0 fully saturated rings. The number of hydrogen-bond acceptors (Lipinski definition) is 5. The standard InChI is InChI=1S/C17H21BrN2O6/c18-8-14(21)7-6-13(16(23)24)9-19-15(22)10-20-17(25)26-11-12-4-2-1-3-5-12/h1-5,13H,6-11H2,(H,19,22)(H,20,25)(H,23,24). The first-order chi connectivity index (χ1) is 12.4. The van der Waals surface area contributed by atoms with Crippen molar-refractivity contribution in [2.75, 3.05) is 18.4 Å². The molecule has 0 radical (unpaired) electrons. The van der Waals surface area contributed by atoms with Gasteiger partial charge in [-0.25, -0.2) is 4.79 Å². The van der Waals surface area contributed by atoms with Crippen LogP contribution in [0.5, 0.6) is 0 Å².